The van der Waals surface area contributed by atoms with Gasteiger partial charge in [0.15, 0.2) is 0 Å². The highest BCUT2D eigenvalue weighted by molar-refractivity contribution is 4.86. The third-order valence-corrected chi connectivity index (χ3v) is 1.16. The second-order valence-corrected chi connectivity index (χ2v) is 2.07. The van der Waals surface area contributed by atoms with Gasteiger partial charge >= 0.3 is 0 Å². The van der Waals surface area contributed by atoms with E-state index in [1.54, 1.807) is 0 Å². The van der Waals surface area contributed by atoms with Gasteiger partial charge in [0.25, 0.3) is 5.92 Å². The van der Waals surface area contributed by atoms with Crippen molar-refractivity contribution in [3.05, 3.63) is 12.7 Å². The number of unbranched alkanes of at least 4 members (excludes halogenated alkanes) is 1. The summed E-state index contributed by atoms with van der Waals surface area (Å²) in [4.78, 5) is 0. The fraction of sp³-hybridized carbons (Fsp3) is 0.714. The topological polar surface area (TPSA) is 0 Å². The van der Waals surface area contributed by atoms with E-state index in [-0.39, 0.29) is 6.42 Å². The van der Waals surface area contributed by atoms with Gasteiger partial charge in [0, 0.05) is 6.42 Å². The molecule has 0 atom stereocenters. The maximum absolute atomic E-state index is 12.2. The van der Waals surface area contributed by atoms with Gasteiger partial charge in [0.1, 0.15) is 0 Å². The van der Waals surface area contributed by atoms with Crippen molar-refractivity contribution in [1.82, 2.24) is 0 Å². The third-order valence-electron chi connectivity index (χ3n) is 1.16. The van der Waals surface area contributed by atoms with Crippen molar-refractivity contribution in [2.24, 2.45) is 0 Å². The predicted molar refractivity (Wildman–Crippen MR) is 34.7 cm³/mol. The summed E-state index contributed by atoms with van der Waals surface area (Å²) in [5, 5.41) is 0. The molecular weight excluding hydrogens is 122 g/mol. The summed E-state index contributed by atoms with van der Waals surface area (Å²) >= 11 is 0. The van der Waals surface area contributed by atoms with Gasteiger partial charge in [-0.3, -0.25) is 0 Å². The number of hydrogen-bond donors (Lipinski definition) is 0. The minimum Gasteiger partial charge on any atom is -0.202 e. The van der Waals surface area contributed by atoms with Crippen molar-refractivity contribution in [3.8, 4) is 0 Å². The molecule has 54 valence electrons. The first kappa shape index (κ1) is 8.60. The molecule has 0 nitrogen and oxygen atoms in total. The van der Waals surface area contributed by atoms with Gasteiger partial charge in [0.05, 0.1) is 0 Å². The monoisotopic (exact) mass is 134 g/mol. The van der Waals surface area contributed by atoms with Crippen LogP contribution < -0.4 is 0 Å². The van der Waals surface area contributed by atoms with Crippen LogP contribution in [0.25, 0.3) is 0 Å². The molecule has 0 aromatic heterocycles. The second-order valence-electron chi connectivity index (χ2n) is 2.07. The van der Waals surface area contributed by atoms with E-state index >= 15 is 0 Å². The van der Waals surface area contributed by atoms with E-state index in [1.807, 2.05) is 6.92 Å². The minimum atomic E-state index is -2.64. The van der Waals surface area contributed by atoms with Gasteiger partial charge in [0.2, 0.25) is 0 Å². The first-order valence-electron chi connectivity index (χ1n) is 3.14. The molecule has 0 bridgehead atoms. The fourth-order valence-electron chi connectivity index (χ4n) is 0.515. The molecule has 0 aliphatic heterocycles. The number of halogens is 2. The molecule has 0 fully saturated rings. The van der Waals surface area contributed by atoms with Crippen LogP contribution in [0.4, 0.5) is 8.78 Å². The predicted octanol–water partition coefficient (Wildman–Crippen LogP) is 3.00. The van der Waals surface area contributed by atoms with Crippen molar-refractivity contribution in [3.63, 3.8) is 0 Å². The molecule has 0 aromatic rings. The van der Waals surface area contributed by atoms with Crippen LogP contribution in [-0.2, 0) is 0 Å². The van der Waals surface area contributed by atoms with Crippen LogP contribution in [-0.4, -0.2) is 5.92 Å². The third kappa shape index (κ3) is 4.13. The number of rotatable bonds is 4. The summed E-state index contributed by atoms with van der Waals surface area (Å²) in [6.45, 7) is 4.92. The maximum Gasteiger partial charge on any atom is 0.266 e. The Morgan fingerprint density at radius 2 is 2.11 bits per heavy atom. The molecule has 0 aliphatic carbocycles. The van der Waals surface area contributed by atoms with Crippen molar-refractivity contribution < 1.29 is 8.78 Å². The first-order chi connectivity index (χ1) is 4.12. The van der Waals surface area contributed by atoms with Crippen molar-refractivity contribution in [2.45, 2.75) is 32.1 Å². The van der Waals surface area contributed by atoms with Crippen molar-refractivity contribution in [1.29, 1.82) is 0 Å². The molecule has 0 saturated carbocycles. The highest BCUT2D eigenvalue weighted by Crippen LogP contribution is 2.21. The number of hydrogen-bond acceptors (Lipinski definition) is 0. The quantitative estimate of drug-likeness (QED) is 0.518. The minimum absolute atomic E-state index is 0.0625. The van der Waals surface area contributed by atoms with Crippen LogP contribution in [0.3, 0.4) is 0 Å². The van der Waals surface area contributed by atoms with E-state index in [4.69, 9.17) is 0 Å². The van der Waals surface area contributed by atoms with E-state index in [0.29, 0.717) is 12.5 Å². The summed E-state index contributed by atoms with van der Waals surface area (Å²) < 4.78 is 24.4. The summed E-state index contributed by atoms with van der Waals surface area (Å²) in [7, 11) is 0. The Kier molecular flexibility index (Phi) is 3.43. The van der Waals surface area contributed by atoms with Gasteiger partial charge in [-0.15, -0.1) is 0 Å². The molecule has 0 rings (SSSR count). The molecule has 0 spiro atoms. The van der Waals surface area contributed by atoms with E-state index < -0.39 is 5.92 Å². The van der Waals surface area contributed by atoms with Gasteiger partial charge in [-0.1, -0.05) is 19.9 Å². The highest BCUT2D eigenvalue weighted by Gasteiger charge is 2.21. The Labute approximate surface area is 54.6 Å². The fourth-order valence-corrected chi connectivity index (χ4v) is 0.515. The van der Waals surface area contributed by atoms with E-state index in [0.717, 1.165) is 6.42 Å². The van der Waals surface area contributed by atoms with Crippen LogP contribution in [0.5, 0.6) is 0 Å². The zero-order chi connectivity index (χ0) is 7.33. The Hall–Kier alpha value is -0.400. The Morgan fingerprint density at radius 3 is 2.44 bits per heavy atom. The van der Waals surface area contributed by atoms with Crippen LogP contribution in [0.15, 0.2) is 12.7 Å². The lowest BCUT2D eigenvalue weighted by molar-refractivity contribution is 0.0436. The zero-order valence-corrected chi connectivity index (χ0v) is 5.66. The Bertz CT molecular complexity index is 86.9. The van der Waals surface area contributed by atoms with E-state index in [9.17, 15) is 8.78 Å². The zero-order valence-electron chi connectivity index (χ0n) is 5.66. The van der Waals surface area contributed by atoms with Crippen molar-refractivity contribution in [2.75, 3.05) is 0 Å². The molecule has 9 heavy (non-hydrogen) atoms. The SMILES string of the molecule is C=CC(F)(F)CCCC. The molecule has 0 aromatic carbocycles. The lowest BCUT2D eigenvalue weighted by Crippen LogP contribution is -2.10. The summed E-state index contributed by atoms with van der Waals surface area (Å²) in [5.41, 5.74) is 0. The maximum atomic E-state index is 12.2. The van der Waals surface area contributed by atoms with Gasteiger partial charge in [-0.2, -0.15) is 0 Å². The van der Waals surface area contributed by atoms with E-state index in [1.165, 1.54) is 0 Å². The molecule has 0 aliphatic rings. The molecule has 0 saturated heterocycles. The van der Waals surface area contributed by atoms with Gasteiger partial charge in [-0.25, -0.2) is 8.78 Å². The standard InChI is InChI=1S/C7H12F2/c1-3-5-6-7(8,9)4-2/h4H,2-3,5-6H2,1H3. The number of alkyl halides is 2. The molecule has 0 amide bonds. The van der Waals surface area contributed by atoms with Crippen LogP contribution in [0, 0.1) is 0 Å². The van der Waals surface area contributed by atoms with Gasteiger partial charge in [-0.05, 0) is 12.5 Å². The first-order valence-corrected chi connectivity index (χ1v) is 3.14. The van der Waals surface area contributed by atoms with E-state index in [2.05, 4.69) is 6.58 Å². The Balaban J connectivity index is 3.45. The smallest absolute Gasteiger partial charge is 0.202 e. The molecule has 0 radical (unpaired) electrons. The second kappa shape index (κ2) is 3.59. The van der Waals surface area contributed by atoms with Crippen molar-refractivity contribution >= 4 is 0 Å². The highest BCUT2D eigenvalue weighted by atomic mass is 19.3. The lowest BCUT2D eigenvalue weighted by Gasteiger charge is -2.08. The molecular formula is C7H12F2. The van der Waals surface area contributed by atoms with Crippen LogP contribution >= 0.6 is 0 Å². The molecule has 0 unspecified atom stereocenters. The summed E-state index contributed by atoms with van der Waals surface area (Å²) in [5.74, 6) is -2.64. The largest absolute Gasteiger partial charge is 0.266 e. The average molecular weight is 134 g/mol. The number of allylic oxidation sites excluding steroid dienone is 1. The molecule has 0 heterocycles. The molecule has 0 N–H and O–H groups in total. The Morgan fingerprint density at radius 1 is 1.56 bits per heavy atom. The van der Waals surface area contributed by atoms with Crippen LogP contribution in [0.1, 0.15) is 26.2 Å². The summed E-state index contributed by atoms with van der Waals surface area (Å²) in [6.07, 6.45) is 2.03. The average Bonchev–Trinajstić information content (AvgIpc) is 1.84. The normalized spacial score (nSPS) is 11.4. The van der Waals surface area contributed by atoms with Gasteiger partial charge < -0.3 is 0 Å². The molecule has 2 heteroatoms. The summed E-state index contributed by atoms with van der Waals surface area (Å²) in [6, 6.07) is 0. The van der Waals surface area contributed by atoms with Crippen LogP contribution in [0.2, 0.25) is 0 Å². The lowest BCUT2D eigenvalue weighted by atomic mass is 10.1.